The lowest BCUT2D eigenvalue weighted by Crippen LogP contribution is -2.34. The third kappa shape index (κ3) is 8.93. The second-order valence-electron chi connectivity index (χ2n) is 16.5. The highest BCUT2D eigenvalue weighted by Gasteiger charge is 2.40. The Labute approximate surface area is 358 Å². The lowest BCUT2D eigenvalue weighted by atomic mass is 9.85. The molecule has 0 aliphatic carbocycles. The number of fused-ring (bicyclic) bond motifs is 7. The summed E-state index contributed by atoms with van der Waals surface area (Å²) in [6, 6.07) is 0.995. The van der Waals surface area contributed by atoms with E-state index in [2.05, 4.69) is 36.9 Å². The molecule has 4 aliphatic rings. The number of nitrogens with one attached hydrogen (secondary N) is 2. The number of hydrogen-bond donors (Lipinski definition) is 5. The maximum absolute atomic E-state index is 12.3. The van der Waals surface area contributed by atoms with Crippen LogP contribution in [0.2, 0.25) is 0 Å². The van der Waals surface area contributed by atoms with Crippen LogP contribution in [0.25, 0.3) is 38.7 Å². The van der Waals surface area contributed by atoms with E-state index < -0.39 is 47.0 Å². The van der Waals surface area contributed by atoms with Crippen LogP contribution < -0.4 is 31.9 Å². The summed E-state index contributed by atoms with van der Waals surface area (Å²) in [5.74, 6) is 1.10. The molecule has 8 atom stereocenters. The Balaban J connectivity index is 0.000000147. The van der Waals surface area contributed by atoms with Crippen molar-refractivity contribution >= 4 is 28.2 Å². The fourth-order valence-electron chi connectivity index (χ4n) is 8.12. The molecule has 63 heavy (non-hydrogen) atoms. The van der Waals surface area contributed by atoms with Gasteiger partial charge in [-0.3, -0.25) is 23.7 Å². The molecular formula is C42H51N9O12. The third-order valence-corrected chi connectivity index (χ3v) is 11.6. The Bertz CT molecular complexity index is 2820. The van der Waals surface area contributed by atoms with E-state index in [4.69, 9.17) is 39.1 Å². The molecule has 336 valence electrons. The number of aliphatic hydroxyl groups excluding tert-OH is 3. The molecule has 0 unspecified atom stereocenters. The highest BCUT2D eigenvalue weighted by Crippen LogP contribution is 2.52. The minimum Gasteiger partial charge on any atom is -0.489 e. The quantitative estimate of drug-likeness (QED) is 0.0669. The molecule has 0 radical (unpaired) electrons. The maximum atomic E-state index is 12.3. The van der Waals surface area contributed by atoms with Crippen molar-refractivity contribution in [2.75, 3.05) is 13.2 Å². The lowest BCUT2D eigenvalue weighted by molar-refractivity contribution is -0.0271. The molecule has 5 aromatic rings. The number of aromatic nitrogens is 6. The minimum absolute atomic E-state index is 0.0111. The number of aryl methyl sites for hydroxylation is 2. The summed E-state index contributed by atoms with van der Waals surface area (Å²) >= 11 is 0. The molecule has 21 nitrogen and oxygen atoms in total. The van der Waals surface area contributed by atoms with Gasteiger partial charge in [0.2, 0.25) is 0 Å². The van der Waals surface area contributed by atoms with Crippen LogP contribution in [0.3, 0.4) is 0 Å². The van der Waals surface area contributed by atoms with Gasteiger partial charge < -0.3 is 43.7 Å². The fourth-order valence-corrected chi connectivity index (χ4v) is 8.12. The molecule has 5 N–H and O–H groups in total. The molecule has 0 spiro atoms. The number of aliphatic hydroxyl groups is 3. The molecule has 1 aromatic carbocycles. The maximum Gasteiger partial charge on any atom is 0.336 e. The number of hydrogen-bond acceptors (Lipinski definition) is 15. The Morgan fingerprint density at radius 3 is 2.51 bits per heavy atom. The number of benzene rings is 1. The van der Waals surface area contributed by atoms with Gasteiger partial charge in [-0.05, 0) is 70.2 Å². The van der Waals surface area contributed by atoms with E-state index in [-0.39, 0.29) is 49.5 Å². The van der Waals surface area contributed by atoms with Crippen molar-refractivity contribution in [3.63, 3.8) is 0 Å². The van der Waals surface area contributed by atoms with Crippen molar-refractivity contribution in [1.29, 1.82) is 0 Å². The Morgan fingerprint density at radius 2 is 1.81 bits per heavy atom. The van der Waals surface area contributed by atoms with Gasteiger partial charge in [0.15, 0.2) is 16.7 Å². The van der Waals surface area contributed by atoms with Crippen LogP contribution in [0, 0.1) is 12.8 Å². The van der Waals surface area contributed by atoms with Crippen LogP contribution in [0.5, 0.6) is 11.5 Å². The van der Waals surface area contributed by atoms with Crippen LogP contribution in [-0.2, 0) is 15.9 Å². The summed E-state index contributed by atoms with van der Waals surface area (Å²) in [4.78, 5) is 62.2. The number of ether oxygens (including phenoxy) is 4. The molecule has 4 aliphatic heterocycles. The molecule has 4 aromatic heterocycles. The van der Waals surface area contributed by atoms with Gasteiger partial charge >= 0.3 is 11.3 Å². The number of imidazole rings is 1. The van der Waals surface area contributed by atoms with Gasteiger partial charge in [-0.15, -0.1) is 0 Å². The van der Waals surface area contributed by atoms with E-state index in [0.29, 0.717) is 39.4 Å². The molecule has 8 heterocycles. The van der Waals surface area contributed by atoms with Gasteiger partial charge in [0.25, 0.3) is 11.1 Å². The van der Waals surface area contributed by atoms with Gasteiger partial charge in [-0.2, -0.15) is 0 Å². The molecule has 0 amide bonds. The van der Waals surface area contributed by atoms with Crippen molar-refractivity contribution in [1.82, 2.24) is 29.1 Å². The van der Waals surface area contributed by atoms with Gasteiger partial charge in [-0.1, -0.05) is 25.4 Å². The summed E-state index contributed by atoms with van der Waals surface area (Å²) in [6.45, 7) is 11.2. The Hall–Kier alpha value is -6.09. The number of azide groups is 1. The first-order chi connectivity index (χ1) is 30.1. The van der Waals surface area contributed by atoms with E-state index in [1.54, 1.807) is 17.8 Å². The van der Waals surface area contributed by atoms with Crippen LogP contribution >= 0.6 is 0 Å². The zero-order chi connectivity index (χ0) is 45.3. The first-order valence-electron chi connectivity index (χ1n) is 20.8. The largest absolute Gasteiger partial charge is 0.489 e. The molecule has 2 saturated heterocycles. The first kappa shape index (κ1) is 44.9. The van der Waals surface area contributed by atoms with E-state index in [0.717, 1.165) is 42.2 Å². The van der Waals surface area contributed by atoms with Gasteiger partial charge in [0.05, 0.1) is 66.7 Å². The molecule has 9 rings (SSSR count). The predicted molar refractivity (Wildman–Crippen MR) is 227 cm³/mol. The standard InChI is InChI=1S/C22H26O5.C10H13N5O4.C10H12N4O3/c1-6-7-13-10-15(23)26-21-16(13)20-14(8-9-22(4,5)27-20)19-17(21)18(24)11(2)12(3)25-19;1-5-3-15(10(18)12-9(5)17)8-2-6(13-14-11)7(4-16)19-8;15-3-6-1-2-7(17-6)14-5-13-8-9(14)11-4-12-10(8)16/h8-12,18,24H,6-7H2,1-5H3;3,6-8,16H,2,4H2,1H3,(H,12,17,18);4-7,15H,1-3H2,(H,11,12,16)/t11-,12-,18+;6-,7+,8+;6-,7+/m100/s1. The third-order valence-electron chi connectivity index (χ3n) is 11.6. The topological polar surface area (TPSA) is 295 Å². The normalized spacial score (nSPS) is 25.4. The smallest absolute Gasteiger partial charge is 0.336 e. The minimum atomic E-state index is -0.778. The van der Waals surface area contributed by atoms with Gasteiger partial charge in [0.1, 0.15) is 35.7 Å². The second kappa shape index (κ2) is 18.3. The number of aromatic amines is 2. The van der Waals surface area contributed by atoms with Crippen LogP contribution in [0.4, 0.5) is 0 Å². The first-order valence-corrected chi connectivity index (χ1v) is 20.8. The molecule has 0 bridgehead atoms. The fraction of sp³-hybridized carbons (Fsp3) is 0.524. The second-order valence-corrected chi connectivity index (χ2v) is 16.5. The number of nitrogens with zero attached hydrogens (tertiary/aromatic N) is 7. The lowest BCUT2D eigenvalue weighted by Gasteiger charge is -2.37. The SMILES string of the molecule is CCCc1cc(=O)oc2c3c(c4c(c12)OC(C)(C)C=C4)O[C@H](C)[C@@H](C)[C@@H]3O.Cc1cn([C@H]2C[C@H](N=[N+]=[N-])[C@@H](CO)O2)c(=O)[nH]c1=O.O=c1[nH]cnc2c1ncn2[C@H]1CC[C@@H](CO)O1. The zero-order valence-corrected chi connectivity index (χ0v) is 35.7. The Morgan fingerprint density at radius 1 is 1.03 bits per heavy atom. The average Bonchev–Trinajstić information content (AvgIpc) is 4.01. The van der Waals surface area contributed by atoms with Crippen molar-refractivity contribution < 1.29 is 38.7 Å². The highest BCUT2D eigenvalue weighted by molar-refractivity contribution is 5.97. The van der Waals surface area contributed by atoms with Crippen LogP contribution in [0.15, 0.2) is 59.7 Å². The molecule has 21 heteroatoms. The van der Waals surface area contributed by atoms with Crippen molar-refractivity contribution in [2.45, 2.75) is 122 Å². The summed E-state index contributed by atoms with van der Waals surface area (Å²) in [6.07, 6.45) is 9.11. The van der Waals surface area contributed by atoms with Crippen molar-refractivity contribution in [3.05, 3.63) is 105 Å². The zero-order valence-electron chi connectivity index (χ0n) is 35.7. The van der Waals surface area contributed by atoms with Gasteiger partial charge in [0, 0.05) is 35.1 Å². The molecular weight excluding hydrogens is 823 g/mol. The molecule has 2 fully saturated rings. The summed E-state index contributed by atoms with van der Waals surface area (Å²) in [5.41, 5.74) is 10.0. The highest BCUT2D eigenvalue weighted by atomic mass is 16.5. The van der Waals surface area contributed by atoms with Crippen LogP contribution in [-0.4, -0.2) is 87.6 Å². The van der Waals surface area contributed by atoms with E-state index in [1.807, 2.05) is 39.8 Å². The van der Waals surface area contributed by atoms with Crippen LogP contribution in [0.1, 0.15) is 101 Å². The Kier molecular flexibility index (Phi) is 13.1. The average molecular weight is 874 g/mol. The van der Waals surface area contributed by atoms with E-state index in [9.17, 15) is 24.3 Å². The number of H-pyrrole nitrogens is 2. The van der Waals surface area contributed by atoms with Crippen molar-refractivity contribution in [2.24, 2.45) is 11.0 Å². The summed E-state index contributed by atoms with van der Waals surface area (Å²) < 4.78 is 32.2. The number of rotatable bonds is 7. The predicted octanol–water partition coefficient (Wildman–Crippen LogP) is 3.97. The van der Waals surface area contributed by atoms with Crippen molar-refractivity contribution in [3.8, 4) is 11.5 Å². The summed E-state index contributed by atoms with van der Waals surface area (Å²) in [7, 11) is 0. The van der Waals surface area contributed by atoms with Gasteiger partial charge in [-0.25, -0.2) is 19.6 Å². The van der Waals surface area contributed by atoms with E-state index >= 15 is 0 Å². The van der Waals surface area contributed by atoms with E-state index in [1.165, 1.54) is 23.2 Å². The summed E-state index contributed by atoms with van der Waals surface area (Å²) in [5, 5.41) is 33.5. The monoisotopic (exact) mass is 873 g/mol. The molecule has 0 saturated carbocycles.